The van der Waals surface area contributed by atoms with Crippen LogP contribution in [-0.4, -0.2) is 22.7 Å². The number of amides is 2. The lowest BCUT2D eigenvalue weighted by atomic mass is 10.1. The molecule has 0 spiro atoms. The minimum absolute atomic E-state index is 0.165. The predicted octanol–water partition coefficient (Wildman–Crippen LogP) is 3.21. The Morgan fingerprint density at radius 2 is 1.62 bits per heavy atom. The fourth-order valence-corrected chi connectivity index (χ4v) is 2.59. The molecule has 0 radical (unpaired) electrons. The third kappa shape index (κ3) is 3.46. The lowest BCUT2D eigenvalue weighted by Crippen LogP contribution is -2.28. The van der Waals surface area contributed by atoms with Gasteiger partial charge in [0.05, 0.1) is 17.1 Å². The van der Waals surface area contributed by atoms with Crippen molar-refractivity contribution in [3.8, 4) is 5.75 Å². The summed E-state index contributed by atoms with van der Waals surface area (Å²) in [5.74, 6) is -0.561. The average Bonchev–Trinajstić information content (AvgIpc) is 2.89. The summed E-state index contributed by atoms with van der Waals surface area (Å²) < 4.78 is 5.25. The number of carbonyl (C=O) groups is 3. The summed E-state index contributed by atoms with van der Waals surface area (Å²) in [7, 11) is 0. The highest BCUT2D eigenvalue weighted by molar-refractivity contribution is 6.32. The highest BCUT2D eigenvalue weighted by Gasteiger charge is 2.28. The second-order valence-electron chi connectivity index (χ2n) is 5.39. The van der Waals surface area contributed by atoms with Crippen molar-refractivity contribution in [2.45, 2.75) is 19.4 Å². The van der Waals surface area contributed by atoms with E-state index in [1.54, 1.807) is 48.5 Å². The molecule has 1 heterocycles. The average molecular weight is 344 g/mol. The molecule has 0 aromatic heterocycles. The molecular weight excluding hydrogens is 330 g/mol. The van der Waals surface area contributed by atoms with E-state index in [1.807, 2.05) is 0 Å². The predicted molar refractivity (Wildman–Crippen MR) is 87.6 cm³/mol. The van der Waals surface area contributed by atoms with Crippen LogP contribution >= 0.6 is 11.6 Å². The monoisotopic (exact) mass is 343 g/mol. The summed E-state index contributed by atoms with van der Waals surface area (Å²) >= 11 is 5.96. The van der Waals surface area contributed by atoms with Crippen molar-refractivity contribution in [1.29, 1.82) is 0 Å². The zero-order valence-electron chi connectivity index (χ0n) is 12.7. The first-order valence-electron chi connectivity index (χ1n) is 7.43. The maximum atomic E-state index is 12.1. The molecule has 0 atom stereocenters. The molecular formula is C18H14ClNO4. The Kier molecular flexibility index (Phi) is 4.62. The number of ether oxygens (including phenoxy) is 1. The quantitative estimate of drug-likeness (QED) is 0.486. The molecule has 5 nitrogen and oxygen atoms in total. The molecule has 1 fully saturated rings. The summed E-state index contributed by atoms with van der Waals surface area (Å²) in [6, 6.07) is 13.3. The normalized spacial score (nSPS) is 14.1. The molecule has 2 aromatic rings. The van der Waals surface area contributed by atoms with Gasteiger partial charge in [0.15, 0.2) is 0 Å². The van der Waals surface area contributed by atoms with Gasteiger partial charge in [-0.2, -0.15) is 0 Å². The maximum absolute atomic E-state index is 12.1. The molecule has 6 heteroatoms. The van der Waals surface area contributed by atoms with E-state index in [0.29, 0.717) is 16.3 Å². The van der Waals surface area contributed by atoms with Crippen molar-refractivity contribution in [1.82, 2.24) is 4.90 Å². The zero-order chi connectivity index (χ0) is 17.1. The summed E-state index contributed by atoms with van der Waals surface area (Å²) in [6.45, 7) is 0.220. The Balaban J connectivity index is 1.68. The highest BCUT2D eigenvalue weighted by atomic mass is 35.5. The lowest BCUT2D eigenvalue weighted by molar-refractivity contribution is -0.139. The van der Waals surface area contributed by atoms with Gasteiger partial charge in [0.1, 0.15) is 5.75 Å². The SMILES string of the molecule is O=C(Oc1ccccc1Cl)c1ccc(CN2C(=O)CCC2=O)cc1. The van der Waals surface area contributed by atoms with E-state index in [2.05, 4.69) is 0 Å². The van der Waals surface area contributed by atoms with Gasteiger partial charge in [-0.3, -0.25) is 14.5 Å². The fraction of sp³-hybridized carbons (Fsp3) is 0.167. The third-order valence-corrected chi connectivity index (χ3v) is 4.04. The maximum Gasteiger partial charge on any atom is 0.343 e. The first-order chi connectivity index (χ1) is 11.5. The molecule has 0 N–H and O–H groups in total. The van der Waals surface area contributed by atoms with Crippen LogP contribution in [0.2, 0.25) is 5.02 Å². The number of para-hydroxylation sites is 1. The van der Waals surface area contributed by atoms with Crippen molar-refractivity contribution in [2.24, 2.45) is 0 Å². The van der Waals surface area contributed by atoms with Gasteiger partial charge >= 0.3 is 5.97 Å². The van der Waals surface area contributed by atoms with Crippen LogP contribution in [0.5, 0.6) is 5.75 Å². The fourth-order valence-electron chi connectivity index (χ4n) is 2.41. The second kappa shape index (κ2) is 6.84. The number of halogens is 1. The number of rotatable bonds is 4. The highest BCUT2D eigenvalue weighted by Crippen LogP contribution is 2.24. The number of hydrogen-bond donors (Lipinski definition) is 0. The summed E-state index contributed by atoms with van der Waals surface area (Å²) in [5, 5.41) is 0.355. The molecule has 0 saturated carbocycles. The van der Waals surface area contributed by atoms with E-state index >= 15 is 0 Å². The Bertz CT molecular complexity index is 785. The van der Waals surface area contributed by atoms with E-state index in [4.69, 9.17) is 16.3 Å². The van der Waals surface area contributed by atoms with Crippen LogP contribution in [0, 0.1) is 0 Å². The number of imide groups is 1. The van der Waals surface area contributed by atoms with E-state index in [0.717, 1.165) is 5.56 Å². The molecule has 0 aliphatic carbocycles. The van der Waals surface area contributed by atoms with Crippen LogP contribution in [0.4, 0.5) is 0 Å². The Labute approximate surface area is 143 Å². The van der Waals surface area contributed by atoms with Crippen LogP contribution in [0.15, 0.2) is 48.5 Å². The Hall–Kier alpha value is -2.66. The third-order valence-electron chi connectivity index (χ3n) is 3.72. The lowest BCUT2D eigenvalue weighted by Gasteiger charge is -2.13. The molecule has 2 aromatic carbocycles. The minimum Gasteiger partial charge on any atom is -0.421 e. The second-order valence-corrected chi connectivity index (χ2v) is 5.80. The van der Waals surface area contributed by atoms with Crippen LogP contribution in [0.1, 0.15) is 28.8 Å². The van der Waals surface area contributed by atoms with E-state index in [1.165, 1.54) is 4.90 Å². The first-order valence-corrected chi connectivity index (χ1v) is 7.81. The molecule has 3 rings (SSSR count). The Morgan fingerprint density at radius 1 is 1.00 bits per heavy atom. The van der Waals surface area contributed by atoms with E-state index < -0.39 is 5.97 Å². The molecule has 24 heavy (non-hydrogen) atoms. The first kappa shape index (κ1) is 16.2. The molecule has 1 aliphatic heterocycles. The molecule has 0 bridgehead atoms. The summed E-state index contributed by atoms with van der Waals surface area (Å²) in [4.78, 5) is 36.6. The van der Waals surface area contributed by atoms with Crippen LogP contribution in [0.3, 0.4) is 0 Å². The van der Waals surface area contributed by atoms with Crippen molar-refractivity contribution in [2.75, 3.05) is 0 Å². The van der Waals surface area contributed by atoms with Crippen molar-refractivity contribution < 1.29 is 19.1 Å². The van der Waals surface area contributed by atoms with Crippen LogP contribution in [-0.2, 0) is 16.1 Å². The smallest absolute Gasteiger partial charge is 0.343 e. The van der Waals surface area contributed by atoms with Gasteiger partial charge in [0, 0.05) is 12.8 Å². The molecule has 122 valence electrons. The van der Waals surface area contributed by atoms with Gasteiger partial charge in [0.25, 0.3) is 0 Å². The zero-order valence-corrected chi connectivity index (χ0v) is 13.5. The van der Waals surface area contributed by atoms with E-state index in [-0.39, 0.29) is 31.2 Å². The summed E-state index contributed by atoms with van der Waals surface area (Å²) in [6.07, 6.45) is 0.530. The van der Waals surface area contributed by atoms with Gasteiger partial charge < -0.3 is 4.74 Å². The number of benzene rings is 2. The number of likely N-dealkylation sites (tertiary alicyclic amines) is 1. The van der Waals surface area contributed by atoms with Gasteiger partial charge in [-0.05, 0) is 29.8 Å². The largest absolute Gasteiger partial charge is 0.421 e. The van der Waals surface area contributed by atoms with Gasteiger partial charge in [-0.15, -0.1) is 0 Å². The topological polar surface area (TPSA) is 63.7 Å². The van der Waals surface area contributed by atoms with Gasteiger partial charge in [-0.25, -0.2) is 4.79 Å². The molecule has 0 unspecified atom stereocenters. The molecule has 1 saturated heterocycles. The molecule has 1 aliphatic rings. The minimum atomic E-state index is -0.525. The van der Waals surface area contributed by atoms with Gasteiger partial charge in [-0.1, -0.05) is 35.9 Å². The van der Waals surface area contributed by atoms with Crippen molar-refractivity contribution >= 4 is 29.4 Å². The summed E-state index contributed by atoms with van der Waals surface area (Å²) in [5.41, 5.74) is 1.13. The van der Waals surface area contributed by atoms with Gasteiger partial charge in [0.2, 0.25) is 11.8 Å². The Morgan fingerprint density at radius 3 is 2.25 bits per heavy atom. The van der Waals surface area contributed by atoms with E-state index in [9.17, 15) is 14.4 Å². The number of esters is 1. The molecule has 2 amide bonds. The van der Waals surface area contributed by atoms with Crippen LogP contribution < -0.4 is 4.74 Å². The number of nitrogens with zero attached hydrogens (tertiary/aromatic N) is 1. The van der Waals surface area contributed by atoms with Crippen LogP contribution in [0.25, 0.3) is 0 Å². The van der Waals surface area contributed by atoms with Crippen molar-refractivity contribution in [3.05, 3.63) is 64.7 Å². The van der Waals surface area contributed by atoms with Crippen molar-refractivity contribution in [3.63, 3.8) is 0 Å². The number of hydrogen-bond acceptors (Lipinski definition) is 4. The standard InChI is InChI=1S/C18H14ClNO4/c19-14-3-1-2-4-15(14)24-18(23)13-7-5-12(6-8-13)11-20-16(21)9-10-17(20)22/h1-8H,9-11H2. The number of carbonyl (C=O) groups excluding carboxylic acids is 3.